The SMILES string of the molecule is C=Cc1cc(O)n(C)c1O. The first-order chi connectivity index (χ1) is 4.66. The van der Waals surface area contributed by atoms with Crippen LogP contribution in [0.15, 0.2) is 12.6 Å². The van der Waals surface area contributed by atoms with Gasteiger partial charge in [-0.3, -0.25) is 4.57 Å². The standard InChI is InChI=1S/C7H9NO2/c1-3-5-4-6(9)8(2)7(5)10/h3-4,9-10H,1H2,2H3. The Labute approximate surface area is 58.8 Å². The Kier molecular flexibility index (Phi) is 1.41. The predicted molar refractivity (Wildman–Crippen MR) is 38.8 cm³/mol. The van der Waals surface area contributed by atoms with Crippen LogP contribution in [0.1, 0.15) is 5.56 Å². The lowest BCUT2D eigenvalue weighted by Crippen LogP contribution is -1.83. The first-order valence-electron chi connectivity index (χ1n) is 2.87. The normalized spacial score (nSPS) is 9.70. The molecule has 1 heterocycles. The fraction of sp³-hybridized carbons (Fsp3) is 0.143. The zero-order chi connectivity index (χ0) is 7.72. The van der Waals surface area contributed by atoms with Gasteiger partial charge < -0.3 is 10.2 Å². The highest BCUT2D eigenvalue weighted by molar-refractivity contribution is 5.55. The van der Waals surface area contributed by atoms with Crippen LogP contribution >= 0.6 is 0 Å². The molecule has 0 radical (unpaired) electrons. The summed E-state index contributed by atoms with van der Waals surface area (Å²) in [6, 6.07) is 1.45. The largest absolute Gasteiger partial charge is 0.494 e. The summed E-state index contributed by atoms with van der Waals surface area (Å²) >= 11 is 0. The summed E-state index contributed by atoms with van der Waals surface area (Å²) < 4.78 is 1.27. The van der Waals surface area contributed by atoms with Crippen LogP contribution in [0.5, 0.6) is 11.8 Å². The molecule has 0 aliphatic rings. The van der Waals surface area contributed by atoms with Crippen molar-refractivity contribution in [1.29, 1.82) is 0 Å². The molecule has 0 saturated carbocycles. The Morgan fingerprint density at radius 3 is 2.40 bits per heavy atom. The minimum Gasteiger partial charge on any atom is -0.494 e. The molecule has 0 bridgehead atoms. The average molecular weight is 139 g/mol. The minimum absolute atomic E-state index is 0.0346. The molecule has 0 spiro atoms. The lowest BCUT2D eigenvalue weighted by atomic mass is 10.3. The molecule has 0 amide bonds. The lowest BCUT2D eigenvalue weighted by molar-refractivity contribution is 0.386. The summed E-state index contributed by atoms with van der Waals surface area (Å²) in [5, 5.41) is 18.2. The molecule has 2 N–H and O–H groups in total. The van der Waals surface area contributed by atoms with Gasteiger partial charge in [0.25, 0.3) is 0 Å². The first-order valence-corrected chi connectivity index (χ1v) is 2.87. The number of hydrogen-bond donors (Lipinski definition) is 2. The molecule has 1 aromatic heterocycles. The van der Waals surface area contributed by atoms with Crippen LogP contribution in [0, 0.1) is 0 Å². The van der Waals surface area contributed by atoms with Crippen LogP contribution in [-0.4, -0.2) is 14.8 Å². The molecule has 0 saturated heterocycles. The van der Waals surface area contributed by atoms with E-state index in [0.29, 0.717) is 5.56 Å². The van der Waals surface area contributed by atoms with E-state index in [1.165, 1.54) is 16.7 Å². The van der Waals surface area contributed by atoms with Crippen molar-refractivity contribution in [3.05, 3.63) is 18.2 Å². The van der Waals surface area contributed by atoms with Gasteiger partial charge in [0.05, 0.1) is 0 Å². The zero-order valence-corrected chi connectivity index (χ0v) is 5.70. The van der Waals surface area contributed by atoms with Crippen molar-refractivity contribution in [3.63, 3.8) is 0 Å². The second-order valence-corrected chi connectivity index (χ2v) is 2.04. The molecule has 1 aromatic rings. The van der Waals surface area contributed by atoms with Crippen LogP contribution in [-0.2, 0) is 7.05 Å². The molecule has 10 heavy (non-hydrogen) atoms. The maximum Gasteiger partial charge on any atom is 0.201 e. The maximum atomic E-state index is 9.15. The molecular weight excluding hydrogens is 130 g/mol. The van der Waals surface area contributed by atoms with Crippen molar-refractivity contribution in [1.82, 2.24) is 4.57 Å². The fourth-order valence-corrected chi connectivity index (χ4v) is 0.753. The summed E-state index contributed by atoms with van der Waals surface area (Å²) in [6.07, 6.45) is 1.48. The van der Waals surface area contributed by atoms with E-state index in [1.54, 1.807) is 7.05 Å². The Bertz CT molecular complexity index is 263. The molecule has 0 fully saturated rings. The minimum atomic E-state index is 0.0346. The van der Waals surface area contributed by atoms with E-state index in [9.17, 15) is 0 Å². The van der Waals surface area contributed by atoms with Gasteiger partial charge in [-0.05, 0) is 0 Å². The highest BCUT2D eigenvalue weighted by atomic mass is 16.3. The summed E-state index contributed by atoms with van der Waals surface area (Å²) in [6.45, 7) is 3.46. The van der Waals surface area contributed by atoms with Crippen molar-refractivity contribution in [2.45, 2.75) is 0 Å². The molecule has 54 valence electrons. The van der Waals surface area contributed by atoms with Crippen molar-refractivity contribution in [3.8, 4) is 11.8 Å². The van der Waals surface area contributed by atoms with Gasteiger partial charge in [-0.15, -0.1) is 0 Å². The highest BCUT2D eigenvalue weighted by Crippen LogP contribution is 2.25. The van der Waals surface area contributed by atoms with Crippen molar-refractivity contribution < 1.29 is 10.2 Å². The molecule has 0 aliphatic carbocycles. The molecule has 0 unspecified atom stereocenters. The smallest absolute Gasteiger partial charge is 0.201 e. The third-order valence-corrected chi connectivity index (χ3v) is 1.42. The fourth-order valence-electron chi connectivity index (χ4n) is 0.753. The van der Waals surface area contributed by atoms with Gasteiger partial charge in [-0.25, -0.2) is 0 Å². The van der Waals surface area contributed by atoms with Crippen LogP contribution in [0.2, 0.25) is 0 Å². The molecule has 0 aromatic carbocycles. The van der Waals surface area contributed by atoms with Crippen molar-refractivity contribution in [2.24, 2.45) is 7.05 Å². The summed E-state index contributed by atoms with van der Waals surface area (Å²) in [4.78, 5) is 0. The Balaban J connectivity index is 3.30. The topological polar surface area (TPSA) is 45.4 Å². The molecule has 3 nitrogen and oxygen atoms in total. The van der Waals surface area contributed by atoms with Crippen molar-refractivity contribution in [2.75, 3.05) is 0 Å². The molecule has 0 atom stereocenters. The Morgan fingerprint density at radius 2 is 2.20 bits per heavy atom. The molecule has 0 aliphatic heterocycles. The predicted octanol–water partition coefficient (Wildman–Crippen LogP) is 1.08. The first kappa shape index (κ1) is 6.74. The third-order valence-electron chi connectivity index (χ3n) is 1.42. The molecule has 3 heteroatoms. The summed E-state index contributed by atoms with van der Waals surface area (Å²) in [5.41, 5.74) is 0.542. The average Bonchev–Trinajstić information content (AvgIpc) is 2.17. The van der Waals surface area contributed by atoms with Crippen LogP contribution in [0.3, 0.4) is 0 Å². The Hall–Kier alpha value is -1.38. The van der Waals surface area contributed by atoms with E-state index < -0.39 is 0 Å². The van der Waals surface area contributed by atoms with E-state index in [4.69, 9.17) is 10.2 Å². The second-order valence-electron chi connectivity index (χ2n) is 2.04. The zero-order valence-electron chi connectivity index (χ0n) is 5.70. The highest BCUT2D eigenvalue weighted by Gasteiger charge is 2.06. The van der Waals surface area contributed by atoms with Gasteiger partial charge in [0.15, 0.2) is 5.88 Å². The van der Waals surface area contributed by atoms with Crippen LogP contribution < -0.4 is 0 Å². The second kappa shape index (κ2) is 2.10. The monoisotopic (exact) mass is 139 g/mol. The number of aromatic hydroxyl groups is 2. The summed E-state index contributed by atoms with van der Waals surface area (Å²) in [5.74, 6) is 0.0694. The van der Waals surface area contributed by atoms with Gasteiger partial charge in [-0.1, -0.05) is 12.7 Å². The Morgan fingerprint density at radius 1 is 1.60 bits per heavy atom. The molecule has 1 rings (SSSR count). The quantitative estimate of drug-likeness (QED) is 0.611. The summed E-state index contributed by atoms with van der Waals surface area (Å²) in [7, 11) is 1.57. The van der Waals surface area contributed by atoms with Gasteiger partial charge in [-0.2, -0.15) is 0 Å². The number of nitrogens with zero attached hydrogens (tertiary/aromatic N) is 1. The van der Waals surface area contributed by atoms with E-state index in [-0.39, 0.29) is 11.8 Å². The van der Waals surface area contributed by atoms with Crippen LogP contribution in [0.4, 0.5) is 0 Å². The number of aromatic nitrogens is 1. The van der Waals surface area contributed by atoms with Crippen LogP contribution in [0.25, 0.3) is 6.08 Å². The van der Waals surface area contributed by atoms with Gasteiger partial charge in [0.2, 0.25) is 5.88 Å². The molecular formula is C7H9NO2. The van der Waals surface area contributed by atoms with Crippen molar-refractivity contribution >= 4 is 6.08 Å². The van der Waals surface area contributed by atoms with Gasteiger partial charge in [0.1, 0.15) is 0 Å². The number of rotatable bonds is 1. The van der Waals surface area contributed by atoms with E-state index in [1.807, 2.05) is 0 Å². The van der Waals surface area contributed by atoms with E-state index in [2.05, 4.69) is 6.58 Å². The third kappa shape index (κ3) is 0.757. The van der Waals surface area contributed by atoms with Gasteiger partial charge in [0, 0.05) is 18.7 Å². The van der Waals surface area contributed by atoms with E-state index in [0.717, 1.165) is 0 Å². The maximum absolute atomic E-state index is 9.15. The lowest BCUT2D eigenvalue weighted by Gasteiger charge is -1.94. The van der Waals surface area contributed by atoms with Gasteiger partial charge >= 0.3 is 0 Å². The number of hydrogen-bond acceptors (Lipinski definition) is 2. The van der Waals surface area contributed by atoms with E-state index >= 15 is 0 Å².